The lowest BCUT2D eigenvalue weighted by molar-refractivity contribution is -0.122. The van der Waals surface area contributed by atoms with Gasteiger partial charge < -0.3 is 20.1 Å². The summed E-state index contributed by atoms with van der Waals surface area (Å²) < 4.78 is 11.2. The molecule has 2 aromatic carbocycles. The van der Waals surface area contributed by atoms with Gasteiger partial charge in [0.1, 0.15) is 10.8 Å². The van der Waals surface area contributed by atoms with Crippen LogP contribution in [0.5, 0.6) is 5.75 Å². The van der Waals surface area contributed by atoms with E-state index >= 15 is 0 Å². The van der Waals surface area contributed by atoms with Crippen molar-refractivity contribution >= 4 is 39.8 Å². The molecule has 1 heterocycles. The summed E-state index contributed by atoms with van der Waals surface area (Å²) in [6.07, 6.45) is 4.72. The van der Waals surface area contributed by atoms with Gasteiger partial charge in [0, 0.05) is 16.1 Å². The molecular weight excluding hydrogens is 512 g/mol. The van der Waals surface area contributed by atoms with Crippen LogP contribution in [0, 0.1) is 0 Å². The van der Waals surface area contributed by atoms with E-state index in [1.807, 2.05) is 18.2 Å². The normalized spacial score (nSPS) is 13.2. The highest BCUT2D eigenvalue weighted by Gasteiger charge is 2.27. The Bertz CT molecular complexity index is 1320. The Morgan fingerprint density at radius 1 is 0.923 bits per heavy atom. The summed E-state index contributed by atoms with van der Waals surface area (Å²) in [7, 11) is 0. The number of amides is 2. The van der Waals surface area contributed by atoms with Crippen LogP contribution in [0.3, 0.4) is 0 Å². The van der Waals surface area contributed by atoms with Crippen molar-refractivity contribution in [2.45, 2.75) is 72.3 Å². The summed E-state index contributed by atoms with van der Waals surface area (Å²) in [6, 6.07) is 12.7. The van der Waals surface area contributed by atoms with Crippen molar-refractivity contribution < 1.29 is 23.9 Å². The highest BCUT2D eigenvalue weighted by Crippen LogP contribution is 2.39. The highest BCUT2D eigenvalue weighted by atomic mass is 32.1. The first-order valence-electron chi connectivity index (χ1n) is 13.7. The first-order valence-corrected chi connectivity index (χ1v) is 14.5. The van der Waals surface area contributed by atoms with Crippen LogP contribution in [0.1, 0.15) is 82.8 Å². The monoisotopic (exact) mass is 548 g/mol. The molecule has 0 aliphatic heterocycles. The number of aryl methyl sites for hydroxylation is 3. The Morgan fingerprint density at radius 2 is 1.59 bits per heavy atom. The summed E-state index contributed by atoms with van der Waals surface area (Å²) >= 11 is 1.46. The molecule has 0 spiro atoms. The van der Waals surface area contributed by atoms with Crippen molar-refractivity contribution in [2.24, 2.45) is 0 Å². The van der Waals surface area contributed by atoms with Gasteiger partial charge in [-0.25, -0.2) is 4.79 Å². The number of ether oxygens (including phenoxy) is 2. The lowest BCUT2D eigenvalue weighted by atomic mass is 9.95. The molecule has 0 unspecified atom stereocenters. The molecule has 0 saturated heterocycles. The molecule has 206 valence electrons. The molecule has 0 fully saturated rings. The number of hydrogen-bond donors (Lipinski definition) is 2. The summed E-state index contributed by atoms with van der Waals surface area (Å²) in [5.41, 5.74) is 4.94. The van der Waals surface area contributed by atoms with Gasteiger partial charge in [-0.15, -0.1) is 11.3 Å². The Kier molecular flexibility index (Phi) is 9.41. The number of rotatable bonds is 10. The number of carbonyl (C=O) groups is 3. The molecule has 2 amide bonds. The van der Waals surface area contributed by atoms with E-state index in [1.165, 1.54) is 11.3 Å². The Balaban J connectivity index is 1.43. The summed E-state index contributed by atoms with van der Waals surface area (Å²) in [4.78, 5) is 39.8. The topological polar surface area (TPSA) is 93.7 Å². The van der Waals surface area contributed by atoms with Crippen LogP contribution in [-0.2, 0) is 35.2 Å². The van der Waals surface area contributed by atoms with Crippen LogP contribution in [0.2, 0.25) is 0 Å². The predicted octanol–water partition coefficient (Wildman–Crippen LogP) is 6.59. The number of para-hydroxylation sites is 1. The Morgan fingerprint density at radius 3 is 2.23 bits per heavy atom. The third kappa shape index (κ3) is 6.50. The van der Waals surface area contributed by atoms with Crippen LogP contribution in [-0.4, -0.2) is 30.5 Å². The number of esters is 1. The third-order valence-corrected chi connectivity index (χ3v) is 8.13. The molecule has 7 nitrogen and oxygen atoms in total. The van der Waals surface area contributed by atoms with E-state index in [4.69, 9.17) is 9.47 Å². The van der Waals surface area contributed by atoms with E-state index in [2.05, 4.69) is 24.5 Å². The first kappa shape index (κ1) is 28.4. The van der Waals surface area contributed by atoms with Gasteiger partial charge in [0.05, 0.1) is 12.2 Å². The maximum Gasteiger partial charge on any atom is 0.341 e. The summed E-state index contributed by atoms with van der Waals surface area (Å²) in [6.45, 7) is 7.87. The molecule has 2 N–H and O–H groups in total. The fourth-order valence-electron chi connectivity index (χ4n) is 4.82. The van der Waals surface area contributed by atoms with Crippen molar-refractivity contribution in [3.63, 3.8) is 0 Å². The molecule has 1 atom stereocenters. The molecule has 8 heteroatoms. The fraction of sp³-hybridized carbons (Fsp3) is 0.387. The zero-order valence-electron chi connectivity index (χ0n) is 23.0. The minimum atomic E-state index is -0.733. The third-order valence-electron chi connectivity index (χ3n) is 6.92. The van der Waals surface area contributed by atoms with Crippen molar-refractivity contribution in [2.75, 3.05) is 17.2 Å². The standard InChI is InChI=1S/C31H36N2O5S/c1-5-20-11-10-12-21(6-2)27(20)32-28(34)19(4)38-23-17-15-22(16-18-23)29(35)33-30-26(31(36)37-7-3)24-13-8-9-14-25(24)39-30/h10-12,15-19H,5-9,13-14H2,1-4H3,(H,32,34)(H,33,35)/t19-/m0/s1. The molecule has 0 bridgehead atoms. The molecule has 0 saturated carbocycles. The Labute approximate surface area is 233 Å². The van der Waals surface area contributed by atoms with E-state index in [9.17, 15) is 14.4 Å². The maximum atomic E-state index is 13.1. The number of fused-ring (bicyclic) bond motifs is 1. The highest BCUT2D eigenvalue weighted by molar-refractivity contribution is 7.17. The lowest BCUT2D eigenvalue weighted by Gasteiger charge is -2.18. The average Bonchev–Trinajstić information content (AvgIpc) is 3.31. The van der Waals surface area contributed by atoms with Crippen molar-refractivity contribution in [1.29, 1.82) is 0 Å². The number of carbonyl (C=O) groups excluding carboxylic acids is 3. The van der Waals surface area contributed by atoms with E-state index in [1.54, 1.807) is 38.1 Å². The fourth-order valence-corrected chi connectivity index (χ4v) is 6.09. The van der Waals surface area contributed by atoms with Gasteiger partial charge in [-0.2, -0.15) is 0 Å². The van der Waals surface area contributed by atoms with Gasteiger partial charge in [0.15, 0.2) is 6.10 Å². The molecule has 4 rings (SSSR count). The van der Waals surface area contributed by atoms with E-state index < -0.39 is 12.1 Å². The van der Waals surface area contributed by atoms with Crippen LogP contribution in [0.4, 0.5) is 10.7 Å². The van der Waals surface area contributed by atoms with E-state index in [-0.39, 0.29) is 18.4 Å². The largest absolute Gasteiger partial charge is 0.481 e. The van der Waals surface area contributed by atoms with Gasteiger partial charge in [-0.1, -0.05) is 32.0 Å². The second kappa shape index (κ2) is 12.9. The van der Waals surface area contributed by atoms with Gasteiger partial charge in [0.25, 0.3) is 11.8 Å². The van der Waals surface area contributed by atoms with Crippen LogP contribution < -0.4 is 15.4 Å². The quantitative estimate of drug-likeness (QED) is 0.279. The summed E-state index contributed by atoms with van der Waals surface area (Å²) in [5.74, 6) is -0.469. The molecule has 39 heavy (non-hydrogen) atoms. The number of hydrogen-bond acceptors (Lipinski definition) is 6. The second-order valence-electron chi connectivity index (χ2n) is 9.52. The minimum absolute atomic E-state index is 0.236. The number of thiophene rings is 1. The van der Waals surface area contributed by atoms with Crippen molar-refractivity contribution in [3.05, 3.63) is 75.2 Å². The minimum Gasteiger partial charge on any atom is -0.481 e. The van der Waals surface area contributed by atoms with Gasteiger partial charge in [-0.3, -0.25) is 9.59 Å². The zero-order chi connectivity index (χ0) is 27.9. The van der Waals surface area contributed by atoms with Crippen molar-refractivity contribution in [1.82, 2.24) is 0 Å². The molecule has 1 aromatic heterocycles. The SMILES string of the molecule is CCOC(=O)c1c(NC(=O)c2ccc(O[C@@H](C)C(=O)Nc3c(CC)cccc3CC)cc2)sc2c1CCCC2. The van der Waals surface area contributed by atoms with Crippen molar-refractivity contribution in [3.8, 4) is 5.75 Å². The number of benzene rings is 2. The van der Waals surface area contributed by atoms with Gasteiger partial charge >= 0.3 is 5.97 Å². The maximum absolute atomic E-state index is 13.1. The summed E-state index contributed by atoms with van der Waals surface area (Å²) in [5, 5.41) is 6.50. The lowest BCUT2D eigenvalue weighted by Crippen LogP contribution is -2.31. The smallest absolute Gasteiger partial charge is 0.341 e. The van der Waals surface area contributed by atoms with Crippen LogP contribution >= 0.6 is 11.3 Å². The van der Waals surface area contributed by atoms with Gasteiger partial charge in [0.2, 0.25) is 0 Å². The first-order chi connectivity index (χ1) is 18.9. The van der Waals surface area contributed by atoms with E-state index in [0.29, 0.717) is 21.9 Å². The Hall–Kier alpha value is -3.65. The molecule has 1 aliphatic carbocycles. The predicted molar refractivity (Wildman–Crippen MR) is 155 cm³/mol. The zero-order valence-corrected chi connectivity index (χ0v) is 23.8. The molecule has 1 aliphatic rings. The van der Waals surface area contributed by atoms with Gasteiger partial charge in [-0.05, 0) is 93.3 Å². The van der Waals surface area contributed by atoms with Crippen LogP contribution in [0.15, 0.2) is 42.5 Å². The molecular formula is C31H36N2O5S. The van der Waals surface area contributed by atoms with Crippen LogP contribution in [0.25, 0.3) is 0 Å². The average molecular weight is 549 g/mol. The number of anilines is 2. The number of nitrogens with one attached hydrogen (secondary N) is 2. The molecule has 0 radical (unpaired) electrons. The molecule has 3 aromatic rings. The second-order valence-corrected chi connectivity index (χ2v) is 10.6. The van der Waals surface area contributed by atoms with E-state index in [0.717, 1.165) is 65.8 Å².